The Balaban J connectivity index is 1.60. The van der Waals surface area contributed by atoms with Gasteiger partial charge in [0.1, 0.15) is 5.82 Å². The van der Waals surface area contributed by atoms with Crippen LogP contribution in [0.15, 0.2) is 30.7 Å². The Labute approximate surface area is 134 Å². The number of aromatic nitrogens is 2. The average molecular weight is 316 g/mol. The van der Waals surface area contributed by atoms with Crippen molar-refractivity contribution in [1.29, 1.82) is 0 Å². The fourth-order valence-electron chi connectivity index (χ4n) is 4.14. The molecule has 0 radical (unpaired) electrons. The summed E-state index contributed by atoms with van der Waals surface area (Å²) in [7, 11) is 0. The van der Waals surface area contributed by atoms with Gasteiger partial charge >= 0.3 is 0 Å². The quantitative estimate of drug-likeness (QED) is 0.915. The van der Waals surface area contributed by atoms with Gasteiger partial charge in [-0.15, -0.1) is 0 Å². The average Bonchev–Trinajstić information content (AvgIpc) is 3.12. The van der Waals surface area contributed by atoms with Crippen LogP contribution >= 0.6 is 0 Å². The fourth-order valence-corrected chi connectivity index (χ4v) is 4.14. The van der Waals surface area contributed by atoms with Crippen LogP contribution in [0, 0.1) is 11.7 Å². The molecule has 1 saturated carbocycles. The topological polar surface area (TPSA) is 58.3 Å². The Morgan fingerprint density at radius 1 is 1.26 bits per heavy atom. The molecular weight excluding hydrogens is 295 g/mol. The van der Waals surface area contributed by atoms with E-state index >= 15 is 0 Å². The van der Waals surface area contributed by atoms with Crippen molar-refractivity contribution in [2.75, 3.05) is 0 Å². The molecule has 1 aliphatic heterocycles. The maximum Gasteiger partial charge on any atom is 0.129 e. The molecule has 2 aliphatic rings. The van der Waals surface area contributed by atoms with Crippen LogP contribution < -0.4 is 0 Å². The Hall–Kier alpha value is -1.72. The number of nitrogens with zero attached hydrogens (tertiary/aromatic N) is 2. The monoisotopic (exact) mass is 316 g/mol. The van der Waals surface area contributed by atoms with E-state index in [1.54, 1.807) is 18.6 Å². The molecule has 0 bridgehead atoms. The lowest BCUT2D eigenvalue weighted by Crippen LogP contribution is -2.29. The van der Waals surface area contributed by atoms with Gasteiger partial charge in [0.15, 0.2) is 0 Å². The first-order valence-corrected chi connectivity index (χ1v) is 8.32. The lowest BCUT2D eigenvalue weighted by molar-refractivity contribution is 0.0328. The second kappa shape index (κ2) is 5.73. The second-order valence-corrected chi connectivity index (χ2v) is 6.77. The van der Waals surface area contributed by atoms with E-state index < -0.39 is 6.10 Å². The van der Waals surface area contributed by atoms with E-state index in [9.17, 15) is 14.6 Å². The summed E-state index contributed by atoms with van der Waals surface area (Å²) in [6.45, 7) is 0. The molecule has 1 aromatic heterocycles. The number of fused-ring (bicyclic) bond motifs is 3. The summed E-state index contributed by atoms with van der Waals surface area (Å²) in [5.41, 5.74) is 2.45. The molecule has 5 heteroatoms. The summed E-state index contributed by atoms with van der Waals surface area (Å²) < 4.78 is 16.3. The maximum absolute atomic E-state index is 14.4. The number of halogens is 1. The van der Waals surface area contributed by atoms with E-state index in [0.717, 1.165) is 36.9 Å². The smallest absolute Gasteiger partial charge is 0.129 e. The van der Waals surface area contributed by atoms with Crippen molar-refractivity contribution in [2.45, 2.75) is 50.4 Å². The molecule has 0 amide bonds. The highest BCUT2D eigenvalue weighted by molar-refractivity contribution is 5.69. The highest BCUT2D eigenvalue weighted by Crippen LogP contribution is 2.43. The van der Waals surface area contributed by atoms with Gasteiger partial charge in [-0.05, 0) is 44.1 Å². The van der Waals surface area contributed by atoms with Gasteiger partial charge < -0.3 is 14.8 Å². The van der Waals surface area contributed by atoms with Crippen molar-refractivity contribution >= 4 is 0 Å². The lowest BCUT2D eigenvalue weighted by atomic mass is 9.81. The number of aliphatic hydroxyl groups is 2. The van der Waals surface area contributed by atoms with Crippen LogP contribution in [0.1, 0.15) is 43.7 Å². The highest BCUT2D eigenvalue weighted by atomic mass is 19.1. The lowest BCUT2D eigenvalue weighted by Gasteiger charge is -2.31. The molecule has 1 unspecified atom stereocenters. The number of benzene rings is 1. The van der Waals surface area contributed by atoms with Gasteiger partial charge in [0, 0.05) is 11.1 Å². The molecule has 4 nitrogen and oxygen atoms in total. The molecule has 1 fully saturated rings. The minimum atomic E-state index is -0.492. The molecule has 4 rings (SSSR count). The summed E-state index contributed by atoms with van der Waals surface area (Å²) in [5, 5.41) is 20.3. The number of aliphatic hydroxyl groups excluding tert-OH is 2. The zero-order valence-electron chi connectivity index (χ0n) is 12.9. The minimum absolute atomic E-state index is 0.182. The van der Waals surface area contributed by atoms with Gasteiger partial charge in [0.2, 0.25) is 0 Å². The van der Waals surface area contributed by atoms with Crippen LogP contribution in [0.5, 0.6) is 0 Å². The molecule has 23 heavy (non-hydrogen) atoms. The van der Waals surface area contributed by atoms with Crippen molar-refractivity contribution < 1.29 is 14.6 Å². The molecule has 2 heterocycles. The SMILES string of the molecule is OC(C[C@@H]1c2c(F)cccc2-c2cncn21)[C@H]1CC[C@H](O)CC1. The predicted octanol–water partition coefficient (Wildman–Crippen LogP) is 2.89. The van der Waals surface area contributed by atoms with Gasteiger partial charge in [0.25, 0.3) is 0 Å². The number of hydrogen-bond donors (Lipinski definition) is 2. The molecule has 0 saturated heterocycles. The van der Waals surface area contributed by atoms with Crippen LogP contribution in [0.3, 0.4) is 0 Å². The largest absolute Gasteiger partial charge is 0.393 e. The van der Waals surface area contributed by atoms with Gasteiger partial charge in [-0.1, -0.05) is 12.1 Å². The Kier molecular flexibility index (Phi) is 3.70. The summed E-state index contributed by atoms with van der Waals surface area (Å²) in [6, 6.07) is 4.91. The van der Waals surface area contributed by atoms with E-state index in [2.05, 4.69) is 4.98 Å². The van der Waals surface area contributed by atoms with E-state index in [1.807, 2.05) is 10.6 Å². The summed E-state index contributed by atoms with van der Waals surface area (Å²) >= 11 is 0. The second-order valence-electron chi connectivity index (χ2n) is 6.77. The molecule has 0 spiro atoms. The Morgan fingerprint density at radius 3 is 2.83 bits per heavy atom. The normalized spacial score (nSPS) is 27.5. The summed E-state index contributed by atoms with van der Waals surface area (Å²) in [4.78, 5) is 4.18. The Bertz CT molecular complexity index is 707. The number of imidazole rings is 1. The first-order chi connectivity index (χ1) is 11.1. The van der Waals surface area contributed by atoms with Crippen LogP contribution in [0.2, 0.25) is 0 Å². The predicted molar refractivity (Wildman–Crippen MR) is 84.3 cm³/mol. The molecule has 2 N–H and O–H groups in total. The van der Waals surface area contributed by atoms with Crippen molar-refractivity contribution in [3.8, 4) is 11.3 Å². The fraction of sp³-hybridized carbons (Fsp3) is 0.500. The van der Waals surface area contributed by atoms with Crippen molar-refractivity contribution in [3.63, 3.8) is 0 Å². The van der Waals surface area contributed by atoms with Crippen molar-refractivity contribution in [1.82, 2.24) is 9.55 Å². The van der Waals surface area contributed by atoms with Crippen molar-refractivity contribution in [2.24, 2.45) is 5.92 Å². The zero-order valence-corrected chi connectivity index (χ0v) is 12.9. The van der Waals surface area contributed by atoms with E-state index in [1.165, 1.54) is 6.07 Å². The van der Waals surface area contributed by atoms with E-state index in [4.69, 9.17) is 0 Å². The zero-order chi connectivity index (χ0) is 16.0. The van der Waals surface area contributed by atoms with E-state index in [0.29, 0.717) is 12.0 Å². The molecule has 1 aliphatic carbocycles. The van der Waals surface area contributed by atoms with Crippen LogP contribution in [0.25, 0.3) is 11.3 Å². The minimum Gasteiger partial charge on any atom is -0.393 e. The summed E-state index contributed by atoms with van der Waals surface area (Å²) in [5.74, 6) is -0.0383. The highest BCUT2D eigenvalue weighted by Gasteiger charge is 2.35. The molecule has 2 aromatic rings. The van der Waals surface area contributed by atoms with E-state index in [-0.39, 0.29) is 23.9 Å². The third-order valence-corrected chi connectivity index (χ3v) is 5.41. The standard InChI is InChI=1S/C18H21FN2O2/c19-14-3-1-2-13-16-9-20-10-21(16)15(18(13)14)8-17(23)11-4-6-12(22)7-5-11/h1-3,9-12,15,17,22-23H,4-8H2/t11-,12-,15-,17?/m1/s1. The van der Waals surface area contributed by atoms with Crippen LogP contribution in [0.4, 0.5) is 4.39 Å². The molecule has 122 valence electrons. The third kappa shape index (κ3) is 2.48. The Morgan fingerprint density at radius 2 is 2.04 bits per heavy atom. The van der Waals surface area contributed by atoms with Gasteiger partial charge in [-0.3, -0.25) is 0 Å². The first-order valence-electron chi connectivity index (χ1n) is 8.32. The van der Waals surface area contributed by atoms with Crippen molar-refractivity contribution in [3.05, 3.63) is 42.1 Å². The molecular formula is C18H21FN2O2. The van der Waals surface area contributed by atoms with Gasteiger partial charge in [-0.25, -0.2) is 9.37 Å². The van der Waals surface area contributed by atoms with Gasteiger partial charge in [0.05, 0.1) is 36.5 Å². The van der Waals surface area contributed by atoms with Crippen LogP contribution in [-0.2, 0) is 0 Å². The van der Waals surface area contributed by atoms with Crippen LogP contribution in [-0.4, -0.2) is 32.0 Å². The van der Waals surface area contributed by atoms with Gasteiger partial charge in [-0.2, -0.15) is 0 Å². The third-order valence-electron chi connectivity index (χ3n) is 5.41. The summed E-state index contributed by atoms with van der Waals surface area (Å²) in [6.07, 6.45) is 6.38. The first kappa shape index (κ1) is 14.8. The number of rotatable bonds is 3. The molecule has 2 atom stereocenters. The number of hydrogen-bond acceptors (Lipinski definition) is 3. The maximum atomic E-state index is 14.4. The molecule has 1 aromatic carbocycles.